The lowest BCUT2D eigenvalue weighted by molar-refractivity contribution is 0.158. The SMILES string of the molecule is c1cc2sccc2c(OC2CCNCC2)n1. The molecule has 0 unspecified atom stereocenters. The molecule has 84 valence electrons. The third kappa shape index (κ3) is 1.90. The number of ether oxygens (including phenoxy) is 1. The summed E-state index contributed by atoms with van der Waals surface area (Å²) in [5, 5.41) is 6.56. The van der Waals surface area contributed by atoms with Gasteiger partial charge in [0.25, 0.3) is 0 Å². The van der Waals surface area contributed by atoms with Gasteiger partial charge in [-0.1, -0.05) is 0 Å². The van der Waals surface area contributed by atoms with Gasteiger partial charge in [0.2, 0.25) is 5.88 Å². The smallest absolute Gasteiger partial charge is 0.222 e. The van der Waals surface area contributed by atoms with E-state index in [-0.39, 0.29) is 0 Å². The molecule has 1 N–H and O–H groups in total. The Morgan fingerprint density at radius 1 is 1.31 bits per heavy atom. The lowest BCUT2D eigenvalue weighted by Gasteiger charge is -2.23. The monoisotopic (exact) mass is 234 g/mol. The van der Waals surface area contributed by atoms with E-state index < -0.39 is 0 Å². The zero-order chi connectivity index (χ0) is 10.8. The number of rotatable bonds is 2. The average molecular weight is 234 g/mol. The van der Waals surface area contributed by atoms with Gasteiger partial charge in [-0.2, -0.15) is 0 Å². The van der Waals surface area contributed by atoms with Crippen molar-refractivity contribution in [2.24, 2.45) is 0 Å². The number of fused-ring (bicyclic) bond motifs is 1. The molecule has 16 heavy (non-hydrogen) atoms. The molecule has 0 spiro atoms. The van der Waals surface area contributed by atoms with Crippen LogP contribution in [0.1, 0.15) is 12.8 Å². The lowest BCUT2D eigenvalue weighted by Crippen LogP contribution is -2.34. The topological polar surface area (TPSA) is 34.1 Å². The molecule has 1 fully saturated rings. The Hall–Kier alpha value is -1.13. The van der Waals surface area contributed by atoms with Crippen LogP contribution in [0, 0.1) is 0 Å². The van der Waals surface area contributed by atoms with Crippen molar-refractivity contribution in [3.8, 4) is 5.88 Å². The Labute approximate surface area is 98.5 Å². The molecule has 3 nitrogen and oxygen atoms in total. The quantitative estimate of drug-likeness (QED) is 0.866. The minimum Gasteiger partial charge on any atom is -0.474 e. The van der Waals surface area contributed by atoms with Crippen LogP contribution in [0.3, 0.4) is 0 Å². The van der Waals surface area contributed by atoms with Crippen molar-refractivity contribution in [2.75, 3.05) is 13.1 Å². The van der Waals surface area contributed by atoms with Crippen LogP contribution in [0.15, 0.2) is 23.7 Å². The van der Waals surface area contributed by atoms with E-state index in [2.05, 4.69) is 21.7 Å². The van der Waals surface area contributed by atoms with Gasteiger partial charge in [-0.25, -0.2) is 4.98 Å². The van der Waals surface area contributed by atoms with Crippen molar-refractivity contribution in [3.63, 3.8) is 0 Å². The van der Waals surface area contributed by atoms with Crippen molar-refractivity contribution >= 4 is 21.4 Å². The highest BCUT2D eigenvalue weighted by Crippen LogP contribution is 2.28. The number of aromatic nitrogens is 1. The van der Waals surface area contributed by atoms with Crippen LogP contribution in [0.5, 0.6) is 5.88 Å². The van der Waals surface area contributed by atoms with Crippen LogP contribution in [0.4, 0.5) is 0 Å². The van der Waals surface area contributed by atoms with Crippen LogP contribution in [-0.2, 0) is 0 Å². The molecule has 0 amide bonds. The fourth-order valence-electron chi connectivity index (χ4n) is 2.03. The molecule has 3 heterocycles. The summed E-state index contributed by atoms with van der Waals surface area (Å²) >= 11 is 1.73. The highest BCUT2D eigenvalue weighted by Gasteiger charge is 2.16. The van der Waals surface area contributed by atoms with Crippen LogP contribution >= 0.6 is 11.3 Å². The van der Waals surface area contributed by atoms with E-state index in [0.717, 1.165) is 37.2 Å². The predicted octanol–water partition coefficient (Wildman–Crippen LogP) is 2.43. The summed E-state index contributed by atoms with van der Waals surface area (Å²) < 4.78 is 7.23. The van der Waals surface area contributed by atoms with Crippen LogP contribution in [-0.4, -0.2) is 24.2 Å². The molecule has 3 rings (SSSR count). The minimum absolute atomic E-state index is 0.319. The number of piperidine rings is 1. The third-order valence-corrected chi connectivity index (χ3v) is 3.79. The highest BCUT2D eigenvalue weighted by atomic mass is 32.1. The van der Waals surface area contributed by atoms with Gasteiger partial charge in [-0.05, 0) is 43.4 Å². The number of thiophene rings is 1. The van der Waals surface area contributed by atoms with Crippen molar-refractivity contribution in [3.05, 3.63) is 23.7 Å². The first kappa shape index (κ1) is 10.1. The number of nitrogens with zero attached hydrogens (tertiary/aromatic N) is 1. The Balaban J connectivity index is 1.85. The standard InChI is InChI=1S/C12H14N2OS/c1-5-13-6-2-9(1)15-12-10-4-8-16-11(10)3-7-14-12/h3-4,7-9,13H,1-2,5-6H2. The maximum absolute atomic E-state index is 5.98. The second-order valence-corrected chi connectivity index (χ2v) is 4.96. The lowest BCUT2D eigenvalue weighted by atomic mass is 10.1. The van der Waals surface area contributed by atoms with Crippen LogP contribution in [0.2, 0.25) is 0 Å². The van der Waals surface area contributed by atoms with Gasteiger partial charge in [0.1, 0.15) is 6.10 Å². The van der Waals surface area contributed by atoms with Gasteiger partial charge in [0, 0.05) is 10.9 Å². The highest BCUT2D eigenvalue weighted by molar-refractivity contribution is 7.17. The molecule has 0 aliphatic carbocycles. The third-order valence-electron chi connectivity index (χ3n) is 2.91. The summed E-state index contributed by atoms with van der Waals surface area (Å²) in [5.74, 6) is 0.797. The Bertz CT molecular complexity index is 477. The molecule has 2 aromatic rings. The zero-order valence-corrected chi connectivity index (χ0v) is 9.80. The van der Waals surface area contributed by atoms with Gasteiger partial charge < -0.3 is 10.1 Å². The second-order valence-electron chi connectivity index (χ2n) is 4.02. The van der Waals surface area contributed by atoms with E-state index in [0.29, 0.717) is 6.10 Å². The molecular formula is C12H14N2OS. The van der Waals surface area contributed by atoms with Crippen molar-refractivity contribution < 1.29 is 4.74 Å². The molecule has 0 radical (unpaired) electrons. The van der Waals surface area contributed by atoms with Gasteiger partial charge in [-0.15, -0.1) is 11.3 Å². The van der Waals surface area contributed by atoms with Crippen molar-refractivity contribution in [1.29, 1.82) is 0 Å². The molecule has 1 saturated heterocycles. The minimum atomic E-state index is 0.319. The van der Waals surface area contributed by atoms with Gasteiger partial charge >= 0.3 is 0 Å². The van der Waals surface area contributed by atoms with E-state index >= 15 is 0 Å². The molecule has 0 bridgehead atoms. The van der Waals surface area contributed by atoms with E-state index in [9.17, 15) is 0 Å². The average Bonchev–Trinajstić information content (AvgIpc) is 2.80. The summed E-state index contributed by atoms with van der Waals surface area (Å²) in [6.45, 7) is 2.09. The van der Waals surface area contributed by atoms with Gasteiger partial charge in [-0.3, -0.25) is 0 Å². The number of nitrogens with one attached hydrogen (secondary N) is 1. The first-order valence-electron chi connectivity index (χ1n) is 5.63. The molecule has 0 saturated carbocycles. The largest absolute Gasteiger partial charge is 0.474 e. The number of hydrogen-bond acceptors (Lipinski definition) is 4. The predicted molar refractivity (Wildman–Crippen MR) is 66.1 cm³/mol. The van der Waals surface area contributed by atoms with Crippen LogP contribution in [0.25, 0.3) is 10.1 Å². The van der Waals surface area contributed by atoms with Gasteiger partial charge in [0.15, 0.2) is 0 Å². The molecule has 1 aliphatic heterocycles. The summed E-state index contributed by atoms with van der Waals surface area (Å²) in [6, 6.07) is 4.12. The molecule has 0 aromatic carbocycles. The number of pyridine rings is 1. The fourth-order valence-corrected chi connectivity index (χ4v) is 2.81. The van der Waals surface area contributed by atoms with E-state index in [1.807, 2.05) is 12.3 Å². The molecular weight excluding hydrogens is 220 g/mol. The van der Waals surface area contributed by atoms with Crippen molar-refractivity contribution in [1.82, 2.24) is 10.3 Å². The Kier molecular flexibility index (Phi) is 2.76. The summed E-state index contributed by atoms with van der Waals surface area (Å²) in [4.78, 5) is 4.34. The molecule has 4 heteroatoms. The summed E-state index contributed by atoms with van der Waals surface area (Å²) in [5.41, 5.74) is 0. The first-order valence-corrected chi connectivity index (χ1v) is 6.51. The van der Waals surface area contributed by atoms with E-state index in [4.69, 9.17) is 4.74 Å². The Morgan fingerprint density at radius 3 is 3.06 bits per heavy atom. The molecule has 2 aromatic heterocycles. The summed E-state index contributed by atoms with van der Waals surface area (Å²) in [6.07, 6.45) is 4.29. The van der Waals surface area contributed by atoms with Gasteiger partial charge in [0.05, 0.1) is 5.39 Å². The Morgan fingerprint density at radius 2 is 2.19 bits per heavy atom. The molecule has 0 atom stereocenters. The second kappa shape index (κ2) is 4.39. The fraction of sp³-hybridized carbons (Fsp3) is 0.417. The van der Waals surface area contributed by atoms with Crippen LogP contribution < -0.4 is 10.1 Å². The molecule has 1 aliphatic rings. The summed E-state index contributed by atoms with van der Waals surface area (Å²) in [7, 11) is 0. The van der Waals surface area contributed by atoms with E-state index in [1.54, 1.807) is 11.3 Å². The maximum Gasteiger partial charge on any atom is 0.222 e. The number of hydrogen-bond donors (Lipinski definition) is 1. The maximum atomic E-state index is 5.98. The van der Waals surface area contributed by atoms with E-state index in [1.165, 1.54) is 4.70 Å². The first-order chi connectivity index (χ1) is 7.93. The normalized spacial score (nSPS) is 17.8. The van der Waals surface area contributed by atoms with Crippen molar-refractivity contribution in [2.45, 2.75) is 18.9 Å². The zero-order valence-electron chi connectivity index (χ0n) is 8.98.